The maximum absolute atomic E-state index is 5.58. The van der Waals surface area contributed by atoms with Crippen molar-refractivity contribution in [3.05, 3.63) is 0 Å². The van der Waals surface area contributed by atoms with Crippen LogP contribution in [0.5, 0.6) is 0 Å². The first-order chi connectivity index (χ1) is 6.15. The smallest absolute Gasteiger partial charge is 0.149 e. The minimum Gasteiger partial charge on any atom is -0.383 e. The van der Waals surface area contributed by atoms with Crippen LogP contribution in [0.15, 0.2) is 5.10 Å². The molecule has 1 atom stereocenters. The topological polar surface area (TPSA) is 76.9 Å². The van der Waals surface area contributed by atoms with Crippen LogP contribution in [-0.2, 0) is 4.74 Å². The summed E-state index contributed by atoms with van der Waals surface area (Å²) in [6.07, 6.45) is -0.138. The van der Waals surface area contributed by atoms with Crippen LogP contribution in [0.3, 0.4) is 0 Å². The quantitative estimate of drug-likeness (QED) is 0.259. The molecule has 0 aromatic heterocycles. The van der Waals surface area contributed by atoms with E-state index in [2.05, 4.69) is 23.8 Å². The van der Waals surface area contributed by atoms with Gasteiger partial charge >= 0.3 is 0 Å². The second-order valence-electron chi connectivity index (χ2n) is 3.50. The standard InChI is InChI=1S/C8H18N4O/c1-6(2)12-3-4-13-7(5-12)8(9)11-10/h6-7H,3-5,10H2,1-2H3,(H2,9,11). The van der Waals surface area contributed by atoms with Crippen LogP contribution in [0.1, 0.15) is 13.8 Å². The maximum atomic E-state index is 5.58. The Balaban J connectivity index is 2.51. The molecule has 1 aliphatic heterocycles. The molecule has 1 saturated heterocycles. The van der Waals surface area contributed by atoms with Gasteiger partial charge in [0.05, 0.1) is 6.61 Å². The van der Waals surface area contributed by atoms with Crippen molar-refractivity contribution < 1.29 is 4.74 Å². The minimum atomic E-state index is -0.138. The van der Waals surface area contributed by atoms with E-state index in [1.807, 2.05) is 0 Å². The predicted molar refractivity (Wildman–Crippen MR) is 52.3 cm³/mol. The summed E-state index contributed by atoms with van der Waals surface area (Å²) in [5.74, 6) is 5.47. The Bertz CT molecular complexity index is 193. The molecule has 4 N–H and O–H groups in total. The van der Waals surface area contributed by atoms with Crippen molar-refractivity contribution in [1.29, 1.82) is 0 Å². The van der Waals surface area contributed by atoms with Gasteiger partial charge in [0.25, 0.3) is 0 Å². The summed E-state index contributed by atoms with van der Waals surface area (Å²) in [5, 5.41) is 3.45. The van der Waals surface area contributed by atoms with E-state index in [0.717, 1.165) is 13.1 Å². The molecule has 0 aliphatic carbocycles. The Morgan fingerprint density at radius 3 is 2.85 bits per heavy atom. The first kappa shape index (κ1) is 10.3. The van der Waals surface area contributed by atoms with Gasteiger partial charge in [-0.2, -0.15) is 5.10 Å². The SMILES string of the molecule is CC(C)N1CCOC(C(N)=NN)C1. The highest BCUT2D eigenvalue weighted by Crippen LogP contribution is 2.08. The third-order valence-corrected chi connectivity index (χ3v) is 2.31. The van der Waals surface area contributed by atoms with Gasteiger partial charge in [0.2, 0.25) is 0 Å². The average Bonchev–Trinajstić information content (AvgIpc) is 2.17. The molecule has 1 unspecified atom stereocenters. The number of morpholine rings is 1. The van der Waals surface area contributed by atoms with Crippen molar-refractivity contribution in [1.82, 2.24) is 4.90 Å². The van der Waals surface area contributed by atoms with E-state index in [1.165, 1.54) is 0 Å². The number of rotatable bonds is 2. The van der Waals surface area contributed by atoms with Crippen molar-refractivity contribution >= 4 is 5.84 Å². The van der Waals surface area contributed by atoms with E-state index < -0.39 is 0 Å². The van der Waals surface area contributed by atoms with E-state index in [-0.39, 0.29) is 6.10 Å². The van der Waals surface area contributed by atoms with Crippen LogP contribution in [0.2, 0.25) is 0 Å². The molecule has 0 aromatic rings. The van der Waals surface area contributed by atoms with E-state index in [0.29, 0.717) is 18.5 Å². The molecule has 0 aromatic carbocycles. The number of nitrogens with two attached hydrogens (primary N) is 2. The average molecular weight is 186 g/mol. The molecule has 0 saturated carbocycles. The molecule has 0 radical (unpaired) electrons. The number of amidine groups is 1. The summed E-state index contributed by atoms with van der Waals surface area (Å²) < 4.78 is 5.43. The zero-order chi connectivity index (χ0) is 9.84. The van der Waals surface area contributed by atoms with Crippen molar-refractivity contribution in [3.8, 4) is 0 Å². The minimum absolute atomic E-state index is 0.138. The van der Waals surface area contributed by atoms with Gasteiger partial charge in [-0.05, 0) is 13.8 Å². The Labute approximate surface area is 78.7 Å². The lowest BCUT2D eigenvalue weighted by atomic mass is 10.2. The van der Waals surface area contributed by atoms with Crippen LogP contribution in [0, 0.1) is 0 Å². The molecular weight excluding hydrogens is 168 g/mol. The van der Waals surface area contributed by atoms with Gasteiger partial charge in [0.15, 0.2) is 0 Å². The van der Waals surface area contributed by atoms with E-state index in [9.17, 15) is 0 Å². The normalized spacial score (nSPS) is 26.7. The fraction of sp³-hybridized carbons (Fsp3) is 0.875. The Hall–Kier alpha value is -0.810. The van der Waals surface area contributed by atoms with Crippen molar-refractivity contribution in [2.24, 2.45) is 16.7 Å². The van der Waals surface area contributed by atoms with Crippen molar-refractivity contribution in [3.63, 3.8) is 0 Å². The Kier molecular flexibility index (Phi) is 3.50. The fourth-order valence-electron chi connectivity index (χ4n) is 1.40. The maximum Gasteiger partial charge on any atom is 0.149 e. The van der Waals surface area contributed by atoms with E-state index in [4.69, 9.17) is 16.3 Å². The third-order valence-electron chi connectivity index (χ3n) is 2.31. The zero-order valence-electron chi connectivity index (χ0n) is 8.23. The number of hydrazone groups is 1. The lowest BCUT2D eigenvalue weighted by Gasteiger charge is -2.34. The van der Waals surface area contributed by atoms with Gasteiger partial charge in [-0.3, -0.25) is 4.90 Å². The second-order valence-corrected chi connectivity index (χ2v) is 3.50. The molecule has 0 amide bonds. The Morgan fingerprint density at radius 1 is 1.62 bits per heavy atom. The first-order valence-corrected chi connectivity index (χ1v) is 4.54. The van der Waals surface area contributed by atoms with E-state index >= 15 is 0 Å². The molecule has 0 bridgehead atoms. The lowest BCUT2D eigenvalue weighted by Crippen LogP contribution is -2.50. The fourth-order valence-corrected chi connectivity index (χ4v) is 1.40. The number of nitrogens with zero attached hydrogens (tertiary/aromatic N) is 2. The summed E-state index contributed by atoms with van der Waals surface area (Å²) in [7, 11) is 0. The molecule has 76 valence electrons. The van der Waals surface area contributed by atoms with Crippen molar-refractivity contribution in [2.75, 3.05) is 19.7 Å². The molecule has 5 nitrogen and oxygen atoms in total. The zero-order valence-corrected chi connectivity index (χ0v) is 8.23. The lowest BCUT2D eigenvalue weighted by molar-refractivity contribution is -0.00616. The third kappa shape index (κ3) is 2.57. The molecule has 1 fully saturated rings. The van der Waals surface area contributed by atoms with E-state index in [1.54, 1.807) is 0 Å². The van der Waals surface area contributed by atoms with Crippen LogP contribution < -0.4 is 11.6 Å². The molecular formula is C8H18N4O. The highest BCUT2D eigenvalue weighted by molar-refractivity contribution is 5.84. The summed E-state index contributed by atoms with van der Waals surface area (Å²) in [6, 6.07) is 0.511. The van der Waals surface area contributed by atoms with Gasteiger partial charge in [-0.1, -0.05) is 0 Å². The monoisotopic (exact) mass is 186 g/mol. The second kappa shape index (κ2) is 4.43. The van der Waals surface area contributed by atoms with Crippen LogP contribution in [-0.4, -0.2) is 42.6 Å². The van der Waals surface area contributed by atoms with Gasteiger partial charge in [-0.25, -0.2) is 0 Å². The molecule has 1 rings (SSSR count). The van der Waals surface area contributed by atoms with Gasteiger partial charge in [-0.15, -0.1) is 0 Å². The van der Waals surface area contributed by atoms with Gasteiger partial charge in [0, 0.05) is 19.1 Å². The molecule has 5 heteroatoms. The van der Waals surface area contributed by atoms with Gasteiger partial charge in [0.1, 0.15) is 11.9 Å². The summed E-state index contributed by atoms with van der Waals surface area (Å²) in [6.45, 7) is 6.73. The first-order valence-electron chi connectivity index (χ1n) is 4.54. The number of hydrogen-bond acceptors (Lipinski definition) is 4. The number of ether oxygens (including phenoxy) is 1. The molecule has 0 spiro atoms. The molecule has 1 aliphatic rings. The molecule has 13 heavy (non-hydrogen) atoms. The predicted octanol–water partition coefficient (Wildman–Crippen LogP) is -0.673. The summed E-state index contributed by atoms with van der Waals surface area (Å²) >= 11 is 0. The van der Waals surface area contributed by atoms with Crippen LogP contribution in [0.25, 0.3) is 0 Å². The molecule has 1 heterocycles. The number of hydrogen-bond donors (Lipinski definition) is 2. The van der Waals surface area contributed by atoms with Gasteiger partial charge < -0.3 is 16.3 Å². The van der Waals surface area contributed by atoms with Crippen LogP contribution >= 0.6 is 0 Å². The van der Waals surface area contributed by atoms with Crippen molar-refractivity contribution in [2.45, 2.75) is 26.0 Å². The highest BCUT2D eigenvalue weighted by Gasteiger charge is 2.24. The highest BCUT2D eigenvalue weighted by atomic mass is 16.5. The Morgan fingerprint density at radius 2 is 2.31 bits per heavy atom. The summed E-state index contributed by atoms with van der Waals surface area (Å²) in [5.41, 5.74) is 5.58. The summed E-state index contributed by atoms with van der Waals surface area (Å²) in [4.78, 5) is 2.30. The van der Waals surface area contributed by atoms with Crippen LogP contribution in [0.4, 0.5) is 0 Å². The largest absolute Gasteiger partial charge is 0.383 e.